The zero-order valence-corrected chi connectivity index (χ0v) is 14.4. The third-order valence-corrected chi connectivity index (χ3v) is 4.02. The van der Waals surface area contributed by atoms with Gasteiger partial charge in [0, 0.05) is 23.1 Å². The van der Waals surface area contributed by atoms with Crippen LogP contribution in [-0.4, -0.2) is 22.9 Å². The van der Waals surface area contributed by atoms with Gasteiger partial charge in [0.2, 0.25) is 0 Å². The molecule has 0 saturated carbocycles. The number of carbonyl (C=O) groups is 1. The highest BCUT2D eigenvalue weighted by atomic mass is 19.4. The standard InChI is InChI=1S/C19H13F5N2O2/c1-28-18(27)7-6-16-14-5-3-12(19(22,23)24)8-17(14)26(25-16)10-11-2-4-13(20)9-15(11)21/h2-9H,10H2,1H3/b7-6+. The average Bonchev–Trinajstić information content (AvgIpc) is 2.98. The molecule has 1 aromatic heterocycles. The van der Waals surface area contributed by atoms with Gasteiger partial charge in [0.15, 0.2) is 0 Å². The summed E-state index contributed by atoms with van der Waals surface area (Å²) in [6, 6.07) is 5.92. The first-order valence-corrected chi connectivity index (χ1v) is 7.97. The summed E-state index contributed by atoms with van der Waals surface area (Å²) in [5, 5.41) is 4.50. The number of hydrogen-bond donors (Lipinski definition) is 0. The van der Waals surface area contributed by atoms with E-state index in [2.05, 4.69) is 9.84 Å². The van der Waals surface area contributed by atoms with Crippen molar-refractivity contribution in [2.75, 3.05) is 7.11 Å². The number of rotatable bonds is 4. The highest BCUT2D eigenvalue weighted by molar-refractivity contribution is 5.93. The maximum absolute atomic E-state index is 14.0. The van der Waals surface area contributed by atoms with Gasteiger partial charge in [0.1, 0.15) is 11.6 Å². The van der Waals surface area contributed by atoms with Crippen LogP contribution in [0.2, 0.25) is 0 Å². The van der Waals surface area contributed by atoms with Gasteiger partial charge in [0.05, 0.1) is 30.4 Å². The Morgan fingerprint density at radius 2 is 1.93 bits per heavy atom. The van der Waals surface area contributed by atoms with Crippen molar-refractivity contribution in [3.05, 3.63) is 70.9 Å². The van der Waals surface area contributed by atoms with Gasteiger partial charge in [-0.3, -0.25) is 4.68 Å². The normalized spacial score (nSPS) is 12.1. The van der Waals surface area contributed by atoms with E-state index < -0.39 is 29.3 Å². The van der Waals surface area contributed by atoms with Gasteiger partial charge in [-0.15, -0.1) is 0 Å². The predicted octanol–water partition coefficient (Wildman–Crippen LogP) is 4.57. The van der Waals surface area contributed by atoms with Gasteiger partial charge in [-0.1, -0.05) is 6.07 Å². The monoisotopic (exact) mass is 396 g/mol. The van der Waals surface area contributed by atoms with Crippen molar-refractivity contribution in [2.45, 2.75) is 12.7 Å². The average molecular weight is 396 g/mol. The molecule has 0 radical (unpaired) electrons. The number of ether oxygens (including phenoxy) is 1. The van der Waals surface area contributed by atoms with Crippen molar-refractivity contribution >= 4 is 22.9 Å². The smallest absolute Gasteiger partial charge is 0.416 e. The molecule has 1 heterocycles. The highest BCUT2D eigenvalue weighted by Crippen LogP contribution is 2.32. The number of carbonyl (C=O) groups excluding carboxylic acids is 1. The number of fused-ring (bicyclic) bond motifs is 1. The van der Waals surface area contributed by atoms with E-state index in [0.717, 1.165) is 29.0 Å². The van der Waals surface area contributed by atoms with E-state index in [0.29, 0.717) is 11.5 Å². The van der Waals surface area contributed by atoms with E-state index in [-0.39, 0.29) is 23.3 Å². The number of esters is 1. The van der Waals surface area contributed by atoms with Crippen molar-refractivity contribution in [2.24, 2.45) is 0 Å². The Labute approximate surface area is 155 Å². The van der Waals surface area contributed by atoms with Gasteiger partial charge in [-0.05, 0) is 30.3 Å². The molecule has 0 saturated heterocycles. The highest BCUT2D eigenvalue weighted by Gasteiger charge is 2.31. The molecule has 0 N–H and O–H groups in total. The van der Waals surface area contributed by atoms with Gasteiger partial charge in [-0.2, -0.15) is 18.3 Å². The molecule has 0 fully saturated rings. The number of hydrogen-bond acceptors (Lipinski definition) is 3. The fourth-order valence-electron chi connectivity index (χ4n) is 2.65. The van der Waals surface area contributed by atoms with Gasteiger partial charge >= 0.3 is 12.1 Å². The molecular weight excluding hydrogens is 383 g/mol. The molecule has 146 valence electrons. The third kappa shape index (κ3) is 4.03. The Bertz CT molecular complexity index is 1070. The van der Waals surface area contributed by atoms with E-state index in [1.165, 1.54) is 25.3 Å². The van der Waals surface area contributed by atoms with E-state index in [9.17, 15) is 26.7 Å². The first-order chi connectivity index (χ1) is 13.2. The SMILES string of the molecule is COC(=O)/C=C/c1nn(Cc2ccc(F)cc2F)c2cc(C(F)(F)F)ccc12. The molecule has 4 nitrogen and oxygen atoms in total. The largest absolute Gasteiger partial charge is 0.466 e. The van der Waals surface area contributed by atoms with Crippen LogP contribution in [0.1, 0.15) is 16.8 Å². The van der Waals surface area contributed by atoms with Crippen LogP contribution in [0.15, 0.2) is 42.5 Å². The molecule has 2 aromatic carbocycles. The summed E-state index contributed by atoms with van der Waals surface area (Å²) in [5.41, 5.74) is -0.560. The molecule has 0 unspecified atom stereocenters. The number of methoxy groups -OCH3 is 1. The van der Waals surface area contributed by atoms with Crippen LogP contribution in [-0.2, 0) is 22.3 Å². The second-order valence-electron chi connectivity index (χ2n) is 5.86. The van der Waals surface area contributed by atoms with E-state index >= 15 is 0 Å². The lowest BCUT2D eigenvalue weighted by Crippen LogP contribution is -2.07. The lowest BCUT2D eigenvalue weighted by molar-refractivity contribution is -0.137. The molecule has 3 rings (SSSR count). The van der Waals surface area contributed by atoms with Crippen LogP contribution < -0.4 is 0 Å². The summed E-state index contributed by atoms with van der Waals surface area (Å²) in [7, 11) is 1.18. The Morgan fingerprint density at radius 3 is 2.57 bits per heavy atom. The summed E-state index contributed by atoms with van der Waals surface area (Å²) in [4.78, 5) is 11.3. The van der Waals surface area contributed by atoms with Gasteiger partial charge < -0.3 is 4.74 Å². The molecule has 0 aliphatic carbocycles. The third-order valence-electron chi connectivity index (χ3n) is 4.02. The quantitative estimate of drug-likeness (QED) is 0.369. The first-order valence-electron chi connectivity index (χ1n) is 7.97. The molecule has 0 atom stereocenters. The summed E-state index contributed by atoms with van der Waals surface area (Å²) in [6.45, 7) is -0.226. The minimum atomic E-state index is -4.58. The van der Waals surface area contributed by atoms with Crippen LogP contribution in [0.25, 0.3) is 17.0 Å². The number of benzene rings is 2. The fraction of sp³-hybridized carbons (Fsp3) is 0.158. The summed E-state index contributed by atoms with van der Waals surface area (Å²) >= 11 is 0. The Balaban J connectivity index is 2.13. The minimum Gasteiger partial charge on any atom is -0.466 e. The molecule has 0 aliphatic heterocycles. The molecule has 0 amide bonds. The summed E-state index contributed by atoms with van der Waals surface area (Å²) in [5.74, 6) is -2.28. The zero-order chi connectivity index (χ0) is 20.5. The van der Waals surface area contributed by atoms with Crippen molar-refractivity contribution in [3.8, 4) is 0 Å². The van der Waals surface area contributed by atoms with E-state index in [1.54, 1.807) is 0 Å². The minimum absolute atomic E-state index is 0.0479. The van der Waals surface area contributed by atoms with Gasteiger partial charge in [0.25, 0.3) is 0 Å². The zero-order valence-electron chi connectivity index (χ0n) is 14.4. The fourth-order valence-corrected chi connectivity index (χ4v) is 2.65. The van der Waals surface area contributed by atoms with Crippen molar-refractivity contribution in [1.29, 1.82) is 0 Å². The lowest BCUT2D eigenvalue weighted by Gasteiger charge is -2.08. The number of halogens is 5. The number of alkyl halides is 3. The van der Waals surface area contributed by atoms with Crippen LogP contribution in [0, 0.1) is 11.6 Å². The molecule has 0 aliphatic rings. The first kappa shape index (κ1) is 19.5. The molecule has 28 heavy (non-hydrogen) atoms. The number of nitrogens with zero attached hydrogens (tertiary/aromatic N) is 2. The van der Waals surface area contributed by atoms with E-state index in [4.69, 9.17) is 0 Å². The predicted molar refractivity (Wildman–Crippen MR) is 91.2 cm³/mol. The maximum atomic E-state index is 14.0. The Hall–Kier alpha value is -3.23. The number of aromatic nitrogens is 2. The molecule has 3 aromatic rings. The van der Waals surface area contributed by atoms with Crippen LogP contribution in [0.5, 0.6) is 0 Å². The van der Waals surface area contributed by atoms with Crippen molar-refractivity contribution < 1.29 is 31.5 Å². The van der Waals surface area contributed by atoms with Crippen LogP contribution in [0.4, 0.5) is 22.0 Å². The topological polar surface area (TPSA) is 44.1 Å². The summed E-state index contributed by atoms with van der Waals surface area (Å²) < 4.78 is 72.0. The second kappa shape index (κ2) is 7.41. The van der Waals surface area contributed by atoms with Crippen LogP contribution >= 0.6 is 0 Å². The van der Waals surface area contributed by atoms with Gasteiger partial charge in [-0.25, -0.2) is 13.6 Å². The molecule has 9 heteroatoms. The van der Waals surface area contributed by atoms with Crippen molar-refractivity contribution in [1.82, 2.24) is 9.78 Å². The molecular formula is C19H13F5N2O2. The van der Waals surface area contributed by atoms with E-state index in [1.807, 2.05) is 0 Å². The Kier molecular flexibility index (Phi) is 5.17. The van der Waals surface area contributed by atoms with Crippen LogP contribution in [0.3, 0.4) is 0 Å². The second-order valence-corrected chi connectivity index (χ2v) is 5.86. The van der Waals surface area contributed by atoms with Crippen molar-refractivity contribution in [3.63, 3.8) is 0 Å². The maximum Gasteiger partial charge on any atom is 0.416 e. The summed E-state index contributed by atoms with van der Waals surface area (Å²) in [6.07, 6.45) is -2.21. The molecule has 0 spiro atoms. The molecule has 0 bridgehead atoms. The lowest BCUT2D eigenvalue weighted by atomic mass is 10.1. The Morgan fingerprint density at radius 1 is 1.18 bits per heavy atom.